The quantitative estimate of drug-likeness (QED) is 0.890. The average Bonchev–Trinajstić information content (AvgIpc) is 3.19. The number of carbonyl (C=O) groups excluding carboxylic acids is 1. The number of piperidine rings is 1. The maximum Gasteiger partial charge on any atom is 0.243 e. The Morgan fingerprint density at radius 1 is 1.24 bits per heavy atom. The van der Waals surface area contributed by atoms with E-state index in [0.717, 1.165) is 32.6 Å². The largest absolute Gasteiger partial charge is 0.340 e. The summed E-state index contributed by atoms with van der Waals surface area (Å²) in [5.74, 6) is 2.26. The van der Waals surface area contributed by atoms with Crippen molar-refractivity contribution in [1.82, 2.24) is 25.3 Å². The molecule has 3 saturated heterocycles. The predicted octanol–water partition coefficient (Wildman–Crippen LogP) is 1.50. The monoisotopic (exact) mass is 347 g/mol. The SMILES string of the molecule is Cc1noc(C(C)N2CCN(C(=O)CC3CC4CCC(C3)N4)CC2)n1. The van der Waals surface area contributed by atoms with Gasteiger partial charge in [0.25, 0.3) is 0 Å². The van der Waals surface area contributed by atoms with Gasteiger partial charge in [-0.05, 0) is 45.4 Å². The molecule has 25 heavy (non-hydrogen) atoms. The van der Waals surface area contributed by atoms with E-state index in [1.165, 1.54) is 25.7 Å². The summed E-state index contributed by atoms with van der Waals surface area (Å²) in [4.78, 5) is 21.4. The first-order chi connectivity index (χ1) is 12.1. The first-order valence-electron chi connectivity index (χ1n) is 9.66. The molecule has 0 aromatic carbocycles. The highest BCUT2D eigenvalue weighted by molar-refractivity contribution is 5.76. The second-order valence-corrected chi connectivity index (χ2v) is 7.95. The number of hydrogen-bond acceptors (Lipinski definition) is 6. The van der Waals surface area contributed by atoms with Crippen LogP contribution in [0.4, 0.5) is 0 Å². The third-order valence-corrected chi connectivity index (χ3v) is 6.15. The molecule has 4 rings (SSSR count). The van der Waals surface area contributed by atoms with Crippen LogP contribution in [-0.2, 0) is 4.79 Å². The summed E-state index contributed by atoms with van der Waals surface area (Å²) in [5.41, 5.74) is 0. The van der Waals surface area contributed by atoms with Crippen LogP contribution in [0.25, 0.3) is 0 Å². The van der Waals surface area contributed by atoms with Crippen molar-refractivity contribution in [2.45, 2.75) is 64.1 Å². The van der Waals surface area contributed by atoms with E-state index in [1.807, 2.05) is 11.8 Å². The molecule has 0 radical (unpaired) electrons. The minimum atomic E-state index is 0.110. The van der Waals surface area contributed by atoms with Crippen molar-refractivity contribution in [3.8, 4) is 0 Å². The summed E-state index contributed by atoms with van der Waals surface area (Å²) in [6, 6.07) is 1.43. The van der Waals surface area contributed by atoms with Crippen molar-refractivity contribution in [2.24, 2.45) is 5.92 Å². The van der Waals surface area contributed by atoms with Crippen LogP contribution in [0.1, 0.15) is 56.8 Å². The first kappa shape index (κ1) is 17.0. The lowest BCUT2D eigenvalue weighted by molar-refractivity contribution is -0.134. The Kier molecular flexibility index (Phi) is 4.78. The van der Waals surface area contributed by atoms with Gasteiger partial charge in [0.1, 0.15) is 0 Å². The molecule has 7 heteroatoms. The van der Waals surface area contributed by atoms with Crippen LogP contribution in [0, 0.1) is 12.8 Å². The minimum absolute atomic E-state index is 0.110. The predicted molar refractivity (Wildman–Crippen MR) is 92.9 cm³/mol. The molecule has 138 valence electrons. The van der Waals surface area contributed by atoms with Gasteiger partial charge in [0.05, 0.1) is 6.04 Å². The van der Waals surface area contributed by atoms with E-state index in [2.05, 4.69) is 27.3 Å². The number of rotatable bonds is 4. The third kappa shape index (κ3) is 3.72. The molecule has 3 aliphatic rings. The lowest BCUT2D eigenvalue weighted by Gasteiger charge is -2.38. The minimum Gasteiger partial charge on any atom is -0.340 e. The van der Waals surface area contributed by atoms with E-state index >= 15 is 0 Å². The smallest absolute Gasteiger partial charge is 0.243 e. The number of amides is 1. The Hall–Kier alpha value is -1.47. The van der Waals surface area contributed by atoms with Crippen molar-refractivity contribution >= 4 is 5.91 Å². The van der Waals surface area contributed by atoms with Crippen LogP contribution in [0.15, 0.2) is 4.52 Å². The van der Waals surface area contributed by atoms with Gasteiger partial charge >= 0.3 is 0 Å². The highest BCUT2D eigenvalue weighted by Crippen LogP contribution is 2.33. The number of hydrogen-bond donors (Lipinski definition) is 1. The lowest BCUT2D eigenvalue weighted by atomic mass is 9.89. The Balaban J connectivity index is 1.26. The molecular formula is C18H29N5O2. The molecule has 3 aliphatic heterocycles. The van der Waals surface area contributed by atoms with Gasteiger partial charge in [-0.25, -0.2) is 0 Å². The maximum atomic E-state index is 12.7. The number of carbonyl (C=O) groups is 1. The summed E-state index contributed by atoms with van der Waals surface area (Å²) in [7, 11) is 0. The molecular weight excluding hydrogens is 318 g/mol. The molecule has 1 N–H and O–H groups in total. The second kappa shape index (κ2) is 7.03. The number of nitrogens with zero attached hydrogens (tertiary/aromatic N) is 4. The molecule has 3 unspecified atom stereocenters. The number of piperazine rings is 1. The molecule has 1 amide bonds. The molecule has 7 nitrogen and oxygen atoms in total. The van der Waals surface area contributed by atoms with Crippen molar-refractivity contribution in [3.05, 3.63) is 11.7 Å². The summed E-state index contributed by atoms with van der Waals surface area (Å²) >= 11 is 0. The Bertz CT molecular complexity index is 598. The van der Waals surface area contributed by atoms with Gasteiger partial charge in [-0.1, -0.05) is 5.16 Å². The molecule has 0 aliphatic carbocycles. The van der Waals surface area contributed by atoms with Crippen molar-refractivity contribution in [1.29, 1.82) is 0 Å². The summed E-state index contributed by atoms with van der Waals surface area (Å²) < 4.78 is 5.29. The van der Waals surface area contributed by atoms with E-state index in [0.29, 0.717) is 35.6 Å². The molecule has 0 spiro atoms. The number of nitrogens with one attached hydrogen (secondary N) is 1. The fraction of sp³-hybridized carbons (Fsp3) is 0.833. The van der Waals surface area contributed by atoms with Gasteiger partial charge < -0.3 is 14.7 Å². The van der Waals surface area contributed by atoms with E-state index < -0.39 is 0 Å². The highest BCUT2D eigenvalue weighted by Gasteiger charge is 2.35. The van der Waals surface area contributed by atoms with E-state index in [-0.39, 0.29) is 6.04 Å². The van der Waals surface area contributed by atoms with Crippen molar-refractivity contribution in [3.63, 3.8) is 0 Å². The zero-order valence-electron chi connectivity index (χ0n) is 15.3. The van der Waals surface area contributed by atoms with Crippen LogP contribution < -0.4 is 5.32 Å². The number of aryl methyl sites for hydroxylation is 1. The fourth-order valence-corrected chi connectivity index (χ4v) is 4.72. The van der Waals surface area contributed by atoms with Crippen molar-refractivity contribution in [2.75, 3.05) is 26.2 Å². The molecule has 3 atom stereocenters. The van der Waals surface area contributed by atoms with E-state index in [1.54, 1.807) is 0 Å². The van der Waals surface area contributed by atoms with Gasteiger partial charge in [0, 0.05) is 44.7 Å². The molecule has 3 fully saturated rings. The Morgan fingerprint density at radius 3 is 2.52 bits per heavy atom. The van der Waals surface area contributed by atoms with Crippen LogP contribution in [-0.4, -0.2) is 64.1 Å². The van der Waals surface area contributed by atoms with Gasteiger partial charge in [-0.15, -0.1) is 0 Å². The fourth-order valence-electron chi connectivity index (χ4n) is 4.72. The number of fused-ring (bicyclic) bond motifs is 2. The topological polar surface area (TPSA) is 74.5 Å². The van der Waals surface area contributed by atoms with Crippen LogP contribution in [0.3, 0.4) is 0 Å². The van der Waals surface area contributed by atoms with Gasteiger partial charge in [0.2, 0.25) is 11.8 Å². The van der Waals surface area contributed by atoms with Crippen molar-refractivity contribution < 1.29 is 9.32 Å². The summed E-state index contributed by atoms with van der Waals surface area (Å²) in [5, 5.41) is 7.53. The normalized spacial score (nSPS) is 31.3. The van der Waals surface area contributed by atoms with E-state index in [9.17, 15) is 4.79 Å². The summed E-state index contributed by atoms with van der Waals surface area (Å²) in [6.45, 7) is 7.26. The Morgan fingerprint density at radius 2 is 1.92 bits per heavy atom. The molecule has 1 aromatic rings. The van der Waals surface area contributed by atoms with Gasteiger partial charge in [-0.3, -0.25) is 9.69 Å². The van der Waals surface area contributed by atoms with Gasteiger partial charge in [0.15, 0.2) is 5.82 Å². The lowest BCUT2D eigenvalue weighted by Crippen LogP contribution is -2.50. The summed E-state index contributed by atoms with van der Waals surface area (Å²) in [6.07, 6.45) is 5.67. The molecule has 4 heterocycles. The Labute approximate surface area is 149 Å². The van der Waals surface area contributed by atoms with Gasteiger partial charge in [-0.2, -0.15) is 4.98 Å². The first-order valence-corrected chi connectivity index (χ1v) is 9.66. The van der Waals surface area contributed by atoms with E-state index in [4.69, 9.17) is 4.52 Å². The standard InChI is InChI=1S/C18H29N5O2/c1-12(18-19-13(2)21-25-18)22-5-7-23(8-6-22)17(24)11-14-9-15-3-4-16(10-14)20-15/h12,14-16,20H,3-11H2,1-2H3. The third-order valence-electron chi connectivity index (χ3n) is 6.15. The maximum absolute atomic E-state index is 12.7. The number of aromatic nitrogens is 2. The molecule has 2 bridgehead atoms. The van der Waals surface area contributed by atoms with Crippen LogP contribution in [0.2, 0.25) is 0 Å². The zero-order chi connectivity index (χ0) is 17.4. The van der Waals surface area contributed by atoms with Crippen LogP contribution >= 0.6 is 0 Å². The molecule has 0 saturated carbocycles. The highest BCUT2D eigenvalue weighted by atomic mass is 16.5. The average molecular weight is 347 g/mol. The van der Waals surface area contributed by atoms with Crippen LogP contribution in [0.5, 0.6) is 0 Å². The zero-order valence-corrected chi connectivity index (χ0v) is 15.3. The second-order valence-electron chi connectivity index (χ2n) is 7.95. The molecule has 1 aromatic heterocycles.